The van der Waals surface area contributed by atoms with Gasteiger partial charge in [-0.05, 0) is 62.0 Å². The molecule has 0 spiro atoms. The lowest BCUT2D eigenvalue weighted by Crippen LogP contribution is -2.51. The van der Waals surface area contributed by atoms with E-state index >= 15 is 0 Å². The third kappa shape index (κ3) is 3.22. The molecule has 0 radical (unpaired) electrons. The molecule has 6 rings (SSSR count). The number of hydrogen-bond acceptors (Lipinski definition) is 5. The van der Waals surface area contributed by atoms with Gasteiger partial charge in [-0.2, -0.15) is 5.10 Å². The average Bonchev–Trinajstić information content (AvgIpc) is 3.37. The van der Waals surface area contributed by atoms with Crippen LogP contribution in [0.3, 0.4) is 0 Å². The maximum absolute atomic E-state index is 5.38. The second-order valence-corrected chi connectivity index (χ2v) is 9.66. The van der Waals surface area contributed by atoms with Crippen molar-refractivity contribution in [2.24, 2.45) is 0 Å². The SMILES string of the molecule is Cc1cc(-c2[nH]c3cnc(C4CCN(C5COC5)CC4)cc3c2C(C)C)cn2ncnc12. The minimum atomic E-state index is 0.390. The molecule has 32 heavy (non-hydrogen) atoms. The van der Waals surface area contributed by atoms with Gasteiger partial charge in [0.25, 0.3) is 0 Å². The first-order valence-electron chi connectivity index (χ1n) is 11.7. The zero-order valence-electron chi connectivity index (χ0n) is 19.0. The highest BCUT2D eigenvalue weighted by Gasteiger charge is 2.30. The largest absolute Gasteiger partial charge is 0.378 e. The van der Waals surface area contributed by atoms with E-state index in [1.807, 2.05) is 10.7 Å². The van der Waals surface area contributed by atoms with Gasteiger partial charge in [-0.25, -0.2) is 9.50 Å². The molecule has 7 nitrogen and oxygen atoms in total. The van der Waals surface area contributed by atoms with E-state index in [1.165, 1.54) is 29.5 Å². The molecule has 166 valence electrons. The summed E-state index contributed by atoms with van der Waals surface area (Å²) in [6.45, 7) is 10.7. The van der Waals surface area contributed by atoms with Gasteiger partial charge in [0.1, 0.15) is 6.33 Å². The van der Waals surface area contributed by atoms with Gasteiger partial charge < -0.3 is 9.72 Å². The van der Waals surface area contributed by atoms with E-state index in [9.17, 15) is 0 Å². The molecule has 2 fully saturated rings. The number of likely N-dealkylation sites (tertiary alicyclic amines) is 1. The number of hydrogen-bond donors (Lipinski definition) is 1. The van der Waals surface area contributed by atoms with E-state index in [2.05, 4.69) is 59.1 Å². The maximum atomic E-state index is 5.38. The van der Waals surface area contributed by atoms with Crippen LogP contribution >= 0.6 is 0 Å². The Hall–Kier alpha value is -2.77. The smallest absolute Gasteiger partial charge is 0.158 e. The fourth-order valence-corrected chi connectivity index (χ4v) is 5.41. The third-order valence-corrected chi connectivity index (χ3v) is 7.25. The topological polar surface area (TPSA) is 71.3 Å². The van der Waals surface area contributed by atoms with Gasteiger partial charge in [-0.15, -0.1) is 0 Å². The minimum Gasteiger partial charge on any atom is -0.378 e. The Morgan fingerprint density at radius 1 is 1.12 bits per heavy atom. The fraction of sp³-hybridized carbons (Fsp3) is 0.480. The van der Waals surface area contributed by atoms with Gasteiger partial charge in [0.15, 0.2) is 5.65 Å². The van der Waals surface area contributed by atoms with E-state index in [4.69, 9.17) is 9.72 Å². The molecule has 4 aromatic rings. The molecule has 0 amide bonds. The molecule has 0 bridgehead atoms. The summed E-state index contributed by atoms with van der Waals surface area (Å²) < 4.78 is 7.25. The van der Waals surface area contributed by atoms with Gasteiger partial charge in [-0.3, -0.25) is 9.88 Å². The second kappa shape index (κ2) is 7.67. The lowest BCUT2D eigenvalue weighted by molar-refractivity contribution is -0.0713. The monoisotopic (exact) mass is 430 g/mol. The van der Waals surface area contributed by atoms with Crippen LogP contribution < -0.4 is 0 Å². The van der Waals surface area contributed by atoms with Crippen LogP contribution in [0.5, 0.6) is 0 Å². The van der Waals surface area contributed by atoms with E-state index in [-0.39, 0.29) is 0 Å². The van der Waals surface area contributed by atoms with Crippen molar-refractivity contribution in [1.82, 2.24) is 29.5 Å². The molecule has 0 atom stereocenters. The highest BCUT2D eigenvalue weighted by Crippen LogP contribution is 2.38. The predicted molar refractivity (Wildman–Crippen MR) is 125 cm³/mol. The van der Waals surface area contributed by atoms with Crippen LogP contribution in [0.1, 0.15) is 55.3 Å². The molecule has 1 N–H and O–H groups in total. The Labute approximate surface area is 187 Å². The molecule has 6 heterocycles. The number of nitrogens with one attached hydrogen (secondary N) is 1. The van der Waals surface area contributed by atoms with Crippen LogP contribution in [0, 0.1) is 6.92 Å². The number of pyridine rings is 2. The van der Waals surface area contributed by atoms with Gasteiger partial charge in [0.05, 0.1) is 36.7 Å². The molecule has 2 saturated heterocycles. The Morgan fingerprint density at radius 3 is 2.66 bits per heavy atom. The molecular weight excluding hydrogens is 400 g/mol. The van der Waals surface area contributed by atoms with Gasteiger partial charge >= 0.3 is 0 Å². The van der Waals surface area contributed by atoms with Crippen molar-refractivity contribution in [3.05, 3.63) is 47.7 Å². The third-order valence-electron chi connectivity index (χ3n) is 7.25. The molecule has 2 aliphatic rings. The molecule has 7 heteroatoms. The number of fused-ring (bicyclic) bond motifs is 2. The normalized spacial score (nSPS) is 18.8. The van der Waals surface area contributed by atoms with Crippen LogP contribution in [0.2, 0.25) is 0 Å². The first kappa shape index (κ1) is 19.9. The first-order chi connectivity index (χ1) is 15.6. The summed E-state index contributed by atoms with van der Waals surface area (Å²) in [5.41, 5.74) is 8.01. The van der Waals surface area contributed by atoms with E-state index in [1.54, 1.807) is 6.33 Å². The van der Waals surface area contributed by atoms with Crippen molar-refractivity contribution in [3.8, 4) is 11.3 Å². The lowest BCUT2D eigenvalue weighted by Gasteiger charge is -2.41. The van der Waals surface area contributed by atoms with E-state index < -0.39 is 0 Å². The van der Waals surface area contributed by atoms with Crippen LogP contribution in [0.15, 0.2) is 30.9 Å². The maximum Gasteiger partial charge on any atom is 0.158 e. The Balaban J connectivity index is 1.37. The van der Waals surface area contributed by atoms with Crippen LogP contribution in [0.25, 0.3) is 27.8 Å². The van der Waals surface area contributed by atoms with Crippen molar-refractivity contribution in [2.45, 2.75) is 51.5 Å². The van der Waals surface area contributed by atoms with E-state index in [0.717, 1.165) is 54.3 Å². The number of piperidine rings is 1. The zero-order valence-corrected chi connectivity index (χ0v) is 19.0. The van der Waals surface area contributed by atoms with Gasteiger partial charge in [-0.1, -0.05) is 13.8 Å². The highest BCUT2D eigenvalue weighted by atomic mass is 16.5. The molecule has 0 aromatic carbocycles. The van der Waals surface area contributed by atoms with Crippen molar-refractivity contribution >= 4 is 16.6 Å². The summed E-state index contributed by atoms with van der Waals surface area (Å²) in [5, 5.41) is 5.66. The van der Waals surface area contributed by atoms with E-state index in [0.29, 0.717) is 17.9 Å². The number of nitrogens with zero attached hydrogens (tertiary/aromatic N) is 5. The second-order valence-electron chi connectivity index (χ2n) is 9.66. The molecule has 0 unspecified atom stereocenters. The molecule has 4 aromatic heterocycles. The molecular formula is C25H30N6O. The first-order valence-corrected chi connectivity index (χ1v) is 11.7. The fourth-order valence-electron chi connectivity index (χ4n) is 5.41. The number of H-pyrrole nitrogens is 1. The minimum absolute atomic E-state index is 0.390. The van der Waals surface area contributed by atoms with Crippen molar-refractivity contribution in [3.63, 3.8) is 0 Å². The predicted octanol–water partition coefficient (Wildman–Crippen LogP) is 4.28. The number of rotatable bonds is 4. The van der Waals surface area contributed by atoms with Gasteiger partial charge in [0, 0.05) is 28.8 Å². The van der Waals surface area contributed by atoms with Crippen LogP contribution in [-0.4, -0.2) is 61.8 Å². The molecule has 2 aliphatic heterocycles. The Bertz CT molecular complexity index is 1280. The lowest BCUT2D eigenvalue weighted by atomic mass is 9.90. The van der Waals surface area contributed by atoms with Crippen molar-refractivity contribution < 1.29 is 4.74 Å². The summed E-state index contributed by atoms with van der Waals surface area (Å²) in [4.78, 5) is 15.5. The number of aromatic nitrogens is 5. The summed E-state index contributed by atoms with van der Waals surface area (Å²) in [6, 6.07) is 5.18. The van der Waals surface area contributed by atoms with Crippen LogP contribution in [-0.2, 0) is 4.74 Å². The number of aryl methyl sites for hydroxylation is 1. The Morgan fingerprint density at radius 2 is 1.94 bits per heavy atom. The molecule has 0 saturated carbocycles. The summed E-state index contributed by atoms with van der Waals surface area (Å²) in [7, 11) is 0. The quantitative estimate of drug-likeness (QED) is 0.523. The number of aromatic amines is 1. The standard InChI is InChI=1S/C25H30N6O/c1-15(2)23-20-9-21(17-4-6-30(7-5-17)19-12-32-13-19)26-10-22(20)29-24(23)18-8-16(3)25-27-14-28-31(25)11-18/h8-11,14-15,17,19,29H,4-7,12-13H2,1-3H3. The summed E-state index contributed by atoms with van der Waals surface area (Å²) in [6.07, 6.45) is 8.06. The summed E-state index contributed by atoms with van der Waals surface area (Å²) in [5.74, 6) is 0.921. The van der Waals surface area contributed by atoms with Crippen molar-refractivity contribution in [2.75, 3.05) is 26.3 Å². The highest BCUT2D eigenvalue weighted by molar-refractivity contribution is 5.91. The van der Waals surface area contributed by atoms with Crippen LogP contribution in [0.4, 0.5) is 0 Å². The van der Waals surface area contributed by atoms with Crippen molar-refractivity contribution in [1.29, 1.82) is 0 Å². The molecule has 0 aliphatic carbocycles. The average molecular weight is 431 g/mol. The zero-order chi connectivity index (χ0) is 21.8. The number of ether oxygens (including phenoxy) is 1. The summed E-state index contributed by atoms with van der Waals surface area (Å²) >= 11 is 0. The Kier molecular flexibility index (Phi) is 4.77. The van der Waals surface area contributed by atoms with Gasteiger partial charge in [0.2, 0.25) is 0 Å².